The molecule has 0 aromatic rings. The fourth-order valence-electron chi connectivity index (χ4n) is 1.32. The second-order valence-electron chi connectivity index (χ2n) is 3.32. The first-order chi connectivity index (χ1) is 6.30. The van der Waals surface area contributed by atoms with E-state index in [2.05, 4.69) is 0 Å². The van der Waals surface area contributed by atoms with Gasteiger partial charge in [0.2, 0.25) is 0 Å². The Morgan fingerprint density at radius 3 is 2.21 bits per heavy atom. The summed E-state index contributed by atoms with van der Waals surface area (Å²) in [5.74, 6) is 0.676. The molecule has 0 bridgehead atoms. The molecule has 0 rings (SSSR count). The summed E-state index contributed by atoms with van der Waals surface area (Å²) in [5, 5.41) is 0. The zero-order valence-corrected chi connectivity index (χ0v) is 9.45. The van der Waals surface area contributed by atoms with Crippen LogP contribution in [0.15, 0.2) is 0 Å². The van der Waals surface area contributed by atoms with Gasteiger partial charge in [0.1, 0.15) is 6.04 Å². The number of hydrogen-bond donors (Lipinski definition) is 1. The molecule has 0 aromatic carbocycles. The van der Waals surface area contributed by atoms with E-state index < -0.39 is 18.3 Å². The van der Waals surface area contributed by atoms with Crippen LogP contribution in [0.3, 0.4) is 0 Å². The third-order valence-corrected chi connectivity index (χ3v) is 2.55. The number of likely N-dealkylation sites (N-methyl/N-ethyl adjacent to an activating group) is 1. The topological polar surface area (TPSA) is 29.3 Å². The molecule has 6 heteroatoms. The van der Waals surface area contributed by atoms with Crippen LogP contribution >= 0.6 is 11.8 Å². The normalized spacial score (nSPS) is 17.1. The fraction of sp³-hybridized carbons (Fsp3) is 1.00. The lowest BCUT2D eigenvalue weighted by Crippen LogP contribution is -2.54. The molecule has 2 atom stereocenters. The zero-order valence-electron chi connectivity index (χ0n) is 8.64. The molecule has 2 nitrogen and oxygen atoms in total. The Morgan fingerprint density at radius 1 is 1.43 bits per heavy atom. The van der Waals surface area contributed by atoms with Crippen LogP contribution in [-0.4, -0.2) is 48.8 Å². The lowest BCUT2D eigenvalue weighted by Gasteiger charge is -2.32. The van der Waals surface area contributed by atoms with Gasteiger partial charge in [0.05, 0.1) is 0 Å². The maximum absolute atomic E-state index is 12.5. The van der Waals surface area contributed by atoms with Gasteiger partial charge in [-0.1, -0.05) is 0 Å². The lowest BCUT2D eigenvalue weighted by atomic mass is 10.1. The zero-order chi connectivity index (χ0) is 11.4. The summed E-state index contributed by atoms with van der Waals surface area (Å²) in [6.45, 7) is 1.78. The Hall–Kier alpha value is 0.0600. The van der Waals surface area contributed by atoms with Gasteiger partial charge in [-0.15, -0.1) is 0 Å². The van der Waals surface area contributed by atoms with Crippen molar-refractivity contribution in [3.63, 3.8) is 0 Å². The van der Waals surface area contributed by atoms with E-state index in [-0.39, 0.29) is 0 Å². The van der Waals surface area contributed by atoms with E-state index in [4.69, 9.17) is 5.73 Å². The highest BCUT2D eigenvalue weighted by molar-refractivity contribution is 7.98. The smallest absolute Gasteiger partial charge is 0.326 e. The molecule has 0 aliphatic carbocycles. The third kappa shape index (κ3) is 4.52. The summed E-state index contributed by atoms with van der Waals surface area (Å²) >= 11 is 1.52. The van der Waals surface area contributed by atoms with Crippen molar-refractivity contribution >= 4 is 11.8 Å². The van der Waals surface area contributed by atoms with Gasteiger partial charge >= 0.3 is 6.18 Å². The Labute approximate surface area is 87.0 Å². The van der Waals surface area contributed by atoms with Gasteiger partial charge in [0.15, 0.2) is 0 Å². The van der Waals surface area contributed by atoms with Crippen LogP contribution in [0.1, 0.15) is 6.92 Å². The molecule has 0 saturated heterocycles. The quantitative estimate of drug-likeness (QED) is 0.777. The van der Waals surface area contributed by atoms with E-state index in [0.717, 1.165) is 0 Å². The van der Waals surface area contributed by atoms with E-state index in [1.165, 1.54) is 30.6 Å². The van der Waals surface area contributed by atoms with Gasteiger partial charge in [-0.25, -0.2) is 0 Å². The molecule has 14 heavy (non-hydrogen) atoms. The van der Waals surface area contributed by atoms with Crippen LogP contribution in [0.5, 0.6) is 0 Å². The minimum Gasteiger partial charge on any atom is -0.326 e. The highest BCUT2D eigenvalue weighted by atomic mass is 32.2. The van der Waals surface area contributed by atoms with Crippen LogP contribution in [0.4, 0.5) is 13.2 Å². The van der Waals surface area contributed by atoms with Crippen molar-refractivity contribution in [3.8, 4) is 0 Å². The summed E-state index contributed by atoms with van der Waals surface area (Å²) in [4.78, 5) is 1.27. The van der Waals surface area contributed by atoms with Crippen molar-refractivity contribution in [2.24, 2.45) is 5.73 Å². The highest BCUT2D eigenvalue weighted by Gasteiger charge is 2.44. The maximum Gasteiger partial charge on any atom is 0.405 e. The Balaban J connectivity index is 4.34. The monoisotopic (exact) mass is 230 g/mol. The molecular formula is C8H17F3N2S. The molecule has 0 spiro atoms. The van der Waals surface area contributed by atoms with Crippen molar-refractivity contribution in [2.45, 2.75) is 25.2 Å². The number of thioether (sulfide) groups is 1. The molecule has 0 aliphatic heterocycles. The van der Waals surface area contributed by atoms with E-state index in [0.29, 0.717) is 12.3 Å². The molecule has 0 radical (unpaired) electrons. The predicted molar refractivity (Wildman–Crippen MR) is 54.5 cm³/mol. The van der Waals surface area contributed by atoms with Gasteiger partial charge in [-0.05, 0) is 20.2 Å². The SMILES string of the molecule is CSCCN(C)C(C(C)N)C(F)(F)F. The van der Waals surface area contributed by atoms with Gasteiger partial charge < -0.3 is 5.73 Å². The Morgan fingerprint density at radius 2 is 1.93 bits per heavy atom. The molecule has 0 heterocycles. The second-order valence-corrected chi connectivity index (χ2v) is 4.30. The Kier molecular flexibility index (Phi) is 5.85. The molecule has 0 aromatic heterocycles. The van der Waals surface area contributed by atoms with Crippen LogP contribution in [0.2, 0.25) is 0 Å². The predicted octanol–water partition coefficient (Wildman–Crippen LogP) is 1.56. The molecule has 0 aliphatic rings. The first kappa shape index (κ1) is 14.1. The highest BCUT2D eigenvalue weighted by Crippen LogP contribution is 2.25. The van der Waals surface area contributed by atoms with Crippen LogP contribution in [0.25, 0.3) is 0 Å². The minimum atomic E-state index is -4.25. The van der Waals surface area contributed by atoms with Gasteiger partial charge in [-0.3, -0.25) is 4.90 Å². The molecular weight excluding hydrogens is 213 g/mol. The fourth-order valence-corrected chi connectivity index (χ4v) is 1.79. The van der Waals surface area contributed by atoms with E-state index in [1.54, 1.807) is 0 Å². The Bertz CT molecular complexity index is 161. The number of nitrogens with zero attached hydrogens (tertiary/aromatic N) is 1. The van der Waals surface area contributed by atoms with Crippen LogP contribution in [-0.2, 0) is 0 Å². The number of alkyl halides is 3. The van der Waals surface area contributed by atoms with Crippen molar-refractivity contribution in [1.82, 2.24) is 4.90 Å². The number of halogens is 3. The summed E-state index contributed by atoms with van der Waals surface area (Å²) in [5.41, 5.74) is 5.33. The summed E-state index contributed by atoms with van der Waals surface area (Å²) in [7, 11) is 1.46. The summed E-state index contributed by atoms with van der Waals surface area (Å²) in [6.07, 6.45) is -2.39. The summed E-state index contributed by atoms with van der Waals surface area (Å²) < 4.78 is 37.6. The molecule has 2 N–H and O–H groups in total. The van der Waals surface area contributed by atoms with Gasteiger partial charge in [-0.2, -0.15) is 24.9 Å². The first-order valence-corrected chi connectivity index (χ1v) is 5.71. The first-order valence-electron chi connectivity index (χ1n) is 4.32. The minimum absolute atomic E-state index is 0.396. The number of rotatable bonds is 5. The molecule has 0 fully saturated rings. The van der Waals surface area contributed by atoms with Crippen LogP contribution in [0, 0.1) is 0 Å². The molecule has 2 unspecified atom stereocenters. The standard InChI is InChI=1S/C8H17F3N2S/c1-6(12)7(8(9,10)11)13(2)4-5-14-3/h6-7H,4-5,12H2,1-3H3. The molecule has 0 amide bonds. The largest absolute Gasteiger partial charge is 0.405 e. The number of nitrogens with two attached hydrogens (primary N) is 1. The average Bonchev–Trinajstić information content (AvgIpc) is 1.97. The van der Waals surface area contributed by atoms with Crippen molar-refractivity contribution < 1.29 is 13.2 Å². The van der Waals surface area contributed by atoms with Gasteiger partial charge in [0.25, 0.3) is 0 Å². The maximum atomic E-state index is 12.5. The van der Waals surface area contributed by atoms with Crippen molar-refractivity contribution in [2.75, 3.05) is 25.6 Å². The second kappa shape index (κ2) is 5.82. The van der Waals surface area contributed by atoms with Crippen molar-refractivity contribution in [1.29, 1.82) is 0 Å². The molecule has 86 valence electrons. The molecule has 0 saturated carbocycles. The van der Waals surface area contributed by atoms with Crippen molar-refractivity contribution in [3.05, 3.63) is 0 Å². The van der Waals surface area contributed by atoms with Gasteiger partial charge in [0, 0.05) is 18.3 Å². The summed E-state index contributed by atoms with van der Waals surface area (Å²) in [6, 6.07) is -2.45. The van der Waals surface area contributed by atoms with E-state index in [9.17, 15) is 13.2 Å². The van der Waals surface area contributed by atoms with Crippen LogP contribution < -0.4 is 5.73 Å². The average molecular weight is 230 g/mol. The third-order valence-electron chi connectivity index (χ3n) is 1.96. The van der Waals surface area contributed by atoms with E-state index in [1.807, 2.05) is 6.26 Å². The number of hydrogen-bond acceptors (Lipinski definition) is 3. The van der Waals surface area contributed by atoms with E-state index >= 15 is 0 Å². The lowest BCUT2D eigenvalue weighted by molar-refractivity contribution is -0.183.